The summed E-state index contributed by atoms with van der Waals surface area (Å²) in [5.74, 6) is -0.818. The van der Waals surface area contributed by atoms with Crippen molar-refractivity contribution < 1.29 is 14.6 Å². The number of hydrogen-bond acceptors (Lipinski definition) is 6. The number of nitrogens with zero attached hydrogens (tertiary/aromatic N) is 2. The normalized spacial score (nSPS) is 12.5. The van der Waals surface area contributed by atoms with Crippen LogP contribution < -0.4 is 11.1 Å². The SMILES string of the molecule is Nc1ncc(F)c(NCC(O)CO)n1. The minimum atomic E-state index is -0.967. The van der Waals surface area contributed by atoms with E-state index in [2.05, 4.69) is 15.3 Å². The van der Waals surface area contributed by atoms with Crippen LogP contribution in [-0.4, -0.2) is 39.4 Å². The number of hydrogen-bond donors (Lipinski definition) is 4. The summed E-state index contributed by atoms with van der Waals surface area (Å²) in [4.78, 5) is 6.99. The van der Waals surface area contributed by atoms with Crippen LogP contribution in [0.25, 0.3) is 0 Å². The van der Waals surface area contributed by atoms with Gasteiger partial charge < -0.3 is 21.3 Å². The van der Waals surface area contributed by atoms with E-state index >= 15 is 0 Å². The molecule has 0 aromatic carbocycles. The monoisotopic (exact) mass is 202 g/mol. The molecule has 1 atom stereocenters. The first kappa shape index (κ1) is 10.6. The third kappa shape index (κ3) is 2.79. The summed E-state index contributed by atoms with van der Waals surface area (Å²) in [6.07, 6.45) is -0.0405. The number of aliphatic hydroxyl groups excluding tert-OH is 2. The first-order valence-electron chi connectivity index (χ1n) is 3.94. The van der Waals surface area contributed by atoms with Crippen molar-refractivity contribution in [2.45, 2.75) is 6.10 Å². The molecule has 14 heavy (non-hydrogen) atoms. The van der Waals surface area contributed by atoms with Crippen LogP contribution >= 0.6 is 0 Å². The minimum absolute atomic E-state index is 0.0100. The molecule has 1 heterocycles. The highest BCUT2D eigenvalue weighted by Gasteiger charge is 2.07. The summed E-state index contributed by atoms with van der Waals surface area (Å²) in [7, 11) is 0. The van der Waals surface area contributed by atoms with Crippen molar-refractivity contribution in [3.63, 3.8) is 0 Å². The molecule has 6 nitrogen and oxygen atoms in total. The summed E-state index contributed by atoms with van der Waals surface area (Å²) < 4.78 is 12.9. The van der Waals surface area contributed by atoms with Gasteiger partial charge in [-0.15, -0.1) is 0 Å². The molecule has 0 radical (unpaired) electrons. The average molecular weight is 202 g/mol. The Morgan fingerprint density at radius 3 is 3.00 bits per heavy atom. The highest BCUT2D eigenvalue weighted by atomic mass is 19.1. The van der Waals surface area contributed by atoms with Crippen LogP contribution in [0.1, 0.15) is 0 Å². The maximum absolute atomic E-state index is 12.9. The lowest BCUT2D eigenvalue weighted by atomic mass is 10.4. The largest absolute Gasteiger partial charge is 0.394 e. The fourth-order valence-corrected chi connectivity index (χ4v) is 0.784. The second-order valence-corrected chi connectivity index (χ2v) is 2.64. The maximum atomic E-state index is 12.9. The summed E-state index contributed by atoms with van der Waals surface area (Å²) >= 11 is 0. The second-order valence-electron chi connectivity index (χ2n) is 2.64. The lowest BCUT2D eigenvalue weighted by Gasteiger charge is -2.09. The third-order valence-corrected chi connectivity index (χ3v) is 1.48. The Balaban J connectivity index is 2.62. The molecular weight excluding hydrogens is 191 g/mol. The van der Waals surface area contributed by atoms with E-state index in [-0.39, 0.29) is 18.3 Å². The van der Waals surface area contributed by atoms with E-state index in [1.165, 1.54) is 0 Å². The van der Waals surface area contributed by atoms with Gasteiger partial charge in [-0.05, 0) is 0 Å². The Morgan fingerprint density at radius 1 is 1.64 bits per heavy atom. The van der Waals surface area contributed by atoms with Gasteiger partial charge in [0.25, 0.3) is 0 Å². The predicted octanol–water partition coefficient (Wildman–Crippen LogP) is -1.04. The molecule has 1 unspecified atom stereocenters. The van der Waals surface area contributed by atoms with E-state index in [4.69, 9.17) is 15.9 Å². The van der Waals surface area contributed by atoms with Crippen molar-refractivity contribution in [3.8, 4) is 0 Å². The van der Waals surface area contributed by atoms with Crippen LogP contribution in [0.2, 0.25) is 0 Å². The van der Waals surface area contributed by atoms with Crippen LogP contribution in [0.15, 0.2) is 6.20 Å². The van der Waals surface area contributed by atoms with Crippen LogP contribution in [0.4, 0.5) is 16.2 Å². The van der Waals surface area contributed by atoms with Crippen LogP contribution in [-0.2, 0) is 0 Å². The zero-order valence-electron chi connectivity index (χ0n) is 7.31. The lowest BCUT2D eigenvalue weighted by Crippen LogP contribution is -2.24. The first-order chi connectivity index (χ1) is 6.63. The third-order valence-electron chi connectivity index (χ3n) is 1.48. The molecule has 5 N–H and O–H groups in total. The molecule has 78 valence electrons. The molecule has 0 amide bonds. The van der Waals surface area contributed by atoms with Crippen LogP contribution in [0, 0.1) is 5.82 Å². The van der Waals surface area contributed by atoms with Crippen LogP contribution in [0.5, 0.6) is 0 Å². The molecule has 0 aliphatic rings. The van der Waals surface area contributed by atoms with Gasteiger partial charge in [-0.25, -0.2) is 9.37 Å². The molecule has 1 aromatic rings. The molecule has 0 aliphatic heterocycles. The quantitative estimate of drug-likeness (QED) is 0.497. The molecule has 7 heteroatoms. The molecule has 0 spiro atoms. The molecule has 1 rings (SSSR count). The number of nitrogens with one attached hydrogen (secondary N) is 1. The van der Waals surface area contributed by atoms with Crippen molar-refractivity contribution in [1.29, 1.82) is 0 Å². The summed E-state index contributed by atoms with van der Waals surface area (Å²) in [6, 6.07) is 0. The van der Waals surface area contributed by atoms with Gasteiger partial charge in [0.15, 0.2) is 11.6 Å². The summed E-state index contributed by atoms with van der Waals surface area (Å²) in [6.45, 7) is -0.418. The highest BCUT2D eigenvalue weighted by molar-refractivity contribution is 5.39. The Hall–Kier alpha value is -1.47. The van der Waals surface area contributed by atoms with Crippen molar-refractivity contribution in [1.82, 2.24) is 9.97 Å². The summed E-state index contributed by atoms with van der Waals surface area (Å²) in [5.41, 5.74) is 5.23. The molecular formula is C7H11FN4O2. The number of nitrogens with two attached hydrogens (primary N) is 1. The number of rotatable bonds is 4. The van der Waals surface area contributed by atoms with Crippen molar-refractivity contribution in [2.75, 3.05) is 24.2 Å². The minimum Gasteiger partial charge on any atom is -0.394 e. The van der Waals surface area contributed by atoms with Crippen molar-refractivity contribution >= 4 is 11.8 Å². The molecule has 0 aliphatic carbocycles. The Labute approximate surface area is 79.6 Å². The first-order valence-corrected chi connectivity index (χ1v) is 3.94. The highest BCUT2D eigenvalue weighted by Crippen LogP contribution is 2.09. The van der Waals surface area contributed by atoms with Gasteiger partial charge >= 0.3 is 0 Å². The molecule has 0 bridgehead atoms. The lowest BCUT2D eigenvalue weighted by molar-refractivity contribution is 0.105. The number of aliphatic hydroxyl groups is 2. The molecule has 0 saturated carbocycles. The Bertz CT molecular complexity index is 310. The zero-order valence-corrected chi connectivity index (χ0v) is 7.31. The van der Waals surface area contributed by atoms with Gasteiger partial charge in [0.1, 0.15) is 0 Å². The predicted molar refractivity (Wildman–Crippen MR) is 48.0 cm³/mol. The fourth-order valence-electron chi connectivity index (χ4n) is 0.784. The van der Waals surface area contributed by atoms with Gasteiger partial charge in [0.05, 0.1) is 18.9 Å². The zero-order chi connectivity index (χ0) is 10.6. The number of anilines is 2. The van der Waals surface area contributed by atoms with Gasteiger partial charge in [0.2, 0.25) is 5.95 Å². The van der Waals surface area contributed by atoms with E-state index < -0.39 is 18.5 Å². The fraction of sp³-hybridized carbons (Fsp3) is 0.429. The van der Waals surface area contributed by atoms with E-state index in [9.17, 15) is 4.39 Å². The average Bonchev–Trinajstić information content (AvgIpc) is 2.19. The van der Waals surface area contributed by atoms with E-state index in [0.29, 0.717) is 0 Å². The summed E-state index contributed by atoms with van der Waals surface area (Å²) in [5, 5.41) is 20.0. The molecule has 0 saturated heterocycles. The van der Waals surface area contributed by atoms with Gasteiger partial charge in [-0.1, -0.05) is 0 Å². The number of nitrogen functional groups attached to an aromatic ring is 1. The molecule has 1 aromatic heterocycles. The number of halogens is 1. The van der Waals surface area contributed by atoms with Gasteiger partial charge in [0, 0.05) is 6.54 Å². The van der Waals surface area contributed by atoms with E-state index in [1.807, 2.05) is 0 Å². The molecule has 0 fully saturated rings. The maximum Gasteiger partial charge on any atom is 0.222 e. The Morgan fingerprint density at radius 2 is 2.36 bits per heavy atom. The van der Waals surface area contributed by atoms with Crippen LogP contribution in [0.3, 0.4) is 0 Å². The van der Waals surface area contributed by atoms with Crippen molar-refractivity contribution in [2.24, 2.45) is 0 Å². The standard InChI is InChI=1S/C7H11FN4O2/c8-5-2-11-7(9)12-6(5)10-1-4(14)3-13/h2,4,13-14H,1,3H2,(H3,9,10,11,12). The van der Waals surface area contributed by atoms with Gasteiger partial charge in [-0.3, -0.25) is 0 Å². The number of aromatic nitrogens is 2. The smallest absolute Gasteiger partial charge is 0.222 e. The Kier molecular flexibility index (Phi) is 3.55. The van der Waals surface area contributed by atoms with E-state index in [0.717, 1.165) is 6.20 Å². The topological polar surface area (TPSA) is 104 Å². The second kappa shape index (κ2) is 4.68. The van der Waals surface area contributed by atoms with Crippen molar-refractivity contribution in [3.05, 3.63) is 12.0 Å². The van der Waals surface area contributed by atoms with E-state index in [1.54, 1.807) is 0 Å². The van der Waals surface area contributed by atoms with Gasteiger partial charge in [-0.2, -0.15) is 4.98 Å².